The highest BCUT2D eigenvalue weighted by Gasteiger charge is 2.17. The van der Waals surface area contributed by atoms with Gasteiger partial charge in [0.05, 0.1) is 5.38 Å². The molecule has 0 amide bonds. The molecule has 0 saturated heterocycles. The molecule has 0 saturated carbocycles. The maximum Gasteiger partial charge on any atom is 0.0860 e. The third-order valence-electron chi connectivity index (χ3n) is 2.66. The molecule has 94 valence electrons. The fourth-order valence-electron chi connectivity index (χ4n) is 1.73. The van der Waals surface area contributed by atoms with Crippen LogP contribution in [-0.2, 0) is 0 Å². The van der Waals surface area contributed by atoms with Crippen LogP contribution in [0.25, 0.3) is 0 Å². The molecule has 0 nitrogen and oxygen atoms in total. The van der Waals surface area contributed by atoms with Crippen LogP contribution in [0, 0.1) is 6.92 Å². The lowest BCUT2D eigenvalue weighted by molar-refractivity contribution is 1.12. The van der Waals surface area contributed by atoms with Crippen LogP contribution in [0.15, 0.2) is 40.9 Å². The SMILES string of the molecule is Cc1ccc(Br)c(C(Cl)c2ccc(Cl)cc2Cl)c1. The van der Waals surface area contributed by atoms with Crippen LogP contribution in [0.4, 0.5) is 0 Å². The summed E-state index contributed by atoms with van der Waals surface area (Å²) in [5, 5.41) is 0.885. The van der Waals surface area contributed by atoms with E-state index in [9.17, 15) is 0 Å². The van der Waals surface area contributed by atoms with E-state index in [-0.39, 0.29) is 5.38 Å². The Morgan fingerprint density at radius 1 is 1.00 bits per heavy atom. The molecule has 2 aromatic carbocycles. The van der Waals surface area contributed by atoms with E-state index >= 15 is 0 Å². The smallest absolute Gasteiger partial charge is 0.0860 e. The second kappa shape index (κ2) is 5.83. The largest absolute Gasteiger partial charge is 0.112 e. The van der Waals surface area contributed by atoms with Crippen molar-refractivity contribution in [1.29, 1.82) is 0 Å². The summed E-state index contributed by atoms with van der Waals surface area (Å²) in [7, 11) is 0. The summed E-state index contributed by atoms with van der Waals surface area (Å²) in [6.45, 7) is 2.03. The quantitative estimate of drug-likeness (QED) is 0.541. The molecule has 0 aliphatic heterocycles. The number of aryl methyl sites for hydroxylation is 1. The Morgan fingerprint density at radius 2 is 1.72 bits per heavy atom. The van der Waals surface area contributed by atoms with Crippen molar-refractivity contribution in [2.24, 2.45) is 0 Å². The predicted octanol–water partition coefficient (Wildman–Crippen LogP) is 6.39. The average molecular weight is 364 g/mol. The van der Waals surface area contributed by atoms with Gasteiger partial charge in [-0.15, -0.1) is 11.6 Å². The summed E-state index contributed by atoms with van der Waals surface area (Å²) in [6.07, 6.45) is 0. The first-order valence-electron chi connectivity index (χ1n) is 5.34. The molecule has 2 aromatic rings. The van der Waals surface area contributed by atoms with Crippen LogP contribution in [0.3, 0.4) is 0 Å². The van der Waals surface area contributed by atoms with Crippen LogP contribution >= 0.6 is 50.7 Å². The van der Waals surface area contributed by atoms with E-state index < -0.39 is 0 Å². The molecular formula is C14H10BrCl3. The molecule has 1 atom stereocenters. The molecule has 0 bridgehead atoms. The second-order valence-corrected chi connectivity index (χ2v) is 6.19. The van der Waals surface area contributed by atoms with E-state index in [1.807, 2.05) is 31.2 Å². The third-order valence-corrected chi connectivity index (χ3v) is 4.41. The van der Waals surface area contributed by atoms with Gasteiger partial charge < -0.3 is 0 Å². The van der Waals surface area contributed by atoms with Gasteiger partial charge in [-0.25, -0.2) is 0 Å². The maximum atomic E-state index is 6.51. The maximum absolute atomic E-state index is 6.51. The molecule has 0 aliphatic rings. The van der Waals surface area contributed by atoms with Gasteiger partial charge in [0.2, 0.25) is 0 Å². The average Bonchev–Trinajstić information content (AvgIpc) is 2.31. The van der Waals surface area contributed by atoms with E-state index in [0.29, 0.717) is 10.0 Å². The van der Waals surface area contributed by atoms with Crippen molar-refractivity contribution in [2.75, 3.05) is 0 Å². The monoisotopic (exact) mass is 362 g/mol. The van der Waals surface area contributed by atoms with Gasteiger partial charge in [0.1, 0.15) is 0 Å². The summed E-state index contributed by atoms with van der Waals surface area (Å²) in [4.78, 5) is 0. The third kappa shape index (κ3) is 3.03. The van der Waals surface area contributed by atoms with Crippen LogP contribution < -0.4 is 0 Å². The molecule has 0 radical (unpaired) electrons. The molecule has 0 fully saturated rings. The molecule has 0 spiro atoms. The first-order chi connectivity index (χ1) is 8.49. The van der Waals surface area contributed by atoms with Gasteiger partial charge in [0, 0.05) is 14.5 Å². The zero-order valence-corrected chi connectivity index (χ0v) is 13.4. The number of hydrogen-bond acceptors (Lipinski definition) is 0. The van der Waals surface area contributed by atoms with Crippen LogP contribution in [0.1, 0.15) is 22.1 Å². The summed E-state index contributed by atoms with van der Waals surface area (Å²) in [5.41, 5.74) is 3.01. The Bertz CT molecular complexity index is 581. The Hall–Kier alpha value is -0.210. The molecule has 1 unspecified atom stereocenters. The normalized spacial score (nSPS) is 12.5. The number of hydrogen-bond donors (Lipinski definition) is 0. The molecule has 0 N–H and O–H groups in total. The van der Waals surface area contributed by atoms with E-state index in [2.05, 4.69) is 15.9 Å². The number of benzene rings is 2. The summed E-state index contributed by atoms with van der Waals surface area (Å²) >= 11 is 22.1. The van der Waals surface area contributed by atoms with Gasteiger partial charge in [-0.05, 0) is 36.2 Å². The van der Waals surface area contributed by atoms with Crippen LogP contribution in [0.5, 0.6) is 0 Å². The Balaban J connectivity index is 2.47. The fourth-order valence-corrected chi connectivity index (χ4v) is 3.28. The highest BCUT2D eigenvalue weighted by atomic mass is 79.9. The summed E-state index contributed by atoms with van der Waals surface area (Å²) < 4.78 is 0.971. The molecule has 2 rings (SSSR count). The molecule has 0 aromatic heterocycles. The van der Waals surface area contributed by atoms with Gasteiger partial charge in [-0.2, -0.15) is 0 Å². The van der Waals surface area contributed by atoms with Gasteiger partial charge in [0.25, 0.3) is 0 Å². The van der Waals surface area contributed by atoms with Crippen molar-refractivity contribution >= 4 is 50.7 Å². The first kappa shape index (κ1) is 14.2. The van der Waals surface area contributed by atoms with Crippen molar-refractivity contribution in [1.82, 2.24) is 0 Å². The van der Waals surface area contributed by atoms with Gasteiger partial charge in [-0.1, -0.05) is 62.9 Å². The van der Waals surface area contributed by atoms with Gasteiger partial charge in [0.15, 0.2) is 0 Å². The van der Waals surface area contributed by atoms with E-state index in [1.54, 1.807) is 12.1 Å². The lowest BCUT2D eigenvalue weighted by atomic mass is 10.0. The highest BCUT2D eigenvalue weighted by molar-refractivity contribution is 9.10. The van der Waals surface area contributed by atoms with Crippen molar-refractivity contribution in [3.8, 4) is 0 Å². The minimum Gasteiger partial charge on any atom is -0.112 e. The zero-order valence-electron chi connectivity index (χ0n) is 9.55. The number of alkyl halides is 1. The van der Waals surface area contributed by atoms with Gasteiger partial charge >= 0.3 is 0 Å². The topological polar surface area (TPSA) is 0 Å². The summed E-state index contributed by atoms with van der Waals surface area (Å²) in [5.74, 6) is 0. The molecule has 4 heteroatoms. The van der Waals surface area contributed by atoms with Crippen molar-refractivity contribution in [3.63, 3.8) is 0 Å². The minimum absolute atomic E-state index is 0.302. The van der Waals surface area contributed by atoms with E-state index in [0.717, 1.165) is 21.2 Å². The van der Waals surface area contributed by atoms with Crippen LogP contribution in [0.2, 0.25) is 10.0 Å². The predicted molar refractivity (Wildman–Crippen MR) is 83.0 cm³/mol. The lowest BCUT2D eigenvalue weighted by Crippen LogP contribution is -1.96. The minimum atomic E-state index is -0.302. The second-order valence-electron chi connectivity index (χ2n) is 4.05. The number of halogens is 4. The molecule has 0 aliphatic carbocycles. The number of rotatable bonds is 2. The molecular weight excluding hydrogens is 354 g/mol. The van der Waals surface area contributed by atoms with Crippen molar-refractivity contribution < 1.29 is 0 Å². The van der Waals surface area contributed by atoms with Crippen molar-refractivity contribution in [3.05, 3.63) is 67.6 Å². The standard InChI is InChI=1S/C14H10BrCl3/c1-8-2-5-12(15)11(6-8)14(18)10-4-3-9(16)7-13(10)17/h2-7,14H,1H3. The fraction of sp³-hybridized carbons (Fsp3) is 0.143. The Kier molecular flexibility index (Phi) is 4.60. The van der Waals surface area contributed by atoms with Gasteiger partial charge in [-0.3, -0.25) is 0 Å². The first-order valence-corrected chi connectivity index (χ1v) is 7.32. The van der Waals surface area contributed by atoms with Crippen LogP contribution in [-0.4, -0.2) is 0 Å². The lowest BCUT2D eigenvalue weighted by Gasteiger charge is -2.15. The highest BCUT2D eigenvalue weighted by Crippen LogP contribution is 2.38. The zero-order chi connectivity index (χ0) is 13.3. The summed E-state index contributed by atoms with van der Waals surface area (Å²) in [6, 6.07) is 11.4. The van der Waals surface area contributed by atoms with E-state index in [4.69, 9.17) is 34.8 Å². The van der Waals surface area contributed by atoms with Crippen molar-refractivity contribution in [2.45, 2.75) is 12.3 Å². The molecule has 18 heavy (non-hydrogen) atoms. The Morgan fingerprint density at radius 3 is 2.39 bits per heavy atom. The Labute approximate surface area is 130 Å². The molecule has 0 heterocycles. The van der Waals surface area contributed by atoms with E-state index in [1.165, 1.54) is 0 Å².